The van der Waals surface area contributed by atoms with Gasteiger partial charge in [-0.1, -0.05) is 0 Å². The first kappa shape index (κ1) is 13.7. The minimum atomic E-state index is -0.416. The second-order valence-corrected chi connectivity index (χ2v) is 6.65. The molecule has 1 aliphatic heterocycles. The molecule has 1 saturated heterocycles. The molecular formula is C14H21N3O2S. The molecule has 20 heavy (non-hydrogen) atoms. The van der Waals surface area contributed by atoms with Crippen molar-refractivity contribution in [3.8, 4) is 0 Å². The largest absolute Gasteiger partial charge is 0.397 e. The van der Waals surface area contributed by atoms with Crippen molar-refractivity contribution in [3.05, 3.63) is 10.4 Å². The fraction of sp³-hybridized carbons (Fsp3) is 0.643. The summed E-state index contributed by atoms with van der Waals surface area (Å²) in [5, 5.41) is 1.14. The summed E-state index contributed by atoms with van der Waals surface area (Å²) in [5.41, 5.74) is 13.4. The molecule has 0 bridgehead atoms. The van der Waals surface area contributed by atoms with E-state index in [2.05, 4.69) is 4.90 Å². The molecular weight excluding hydrogens is 274 g/mol. The molecule has 1 aromatic rings. The molecule has 5 nitrogen and oxygen atoms in total. The van der Waals surface area contributed by atoms with Crippen molar-refractivity contribution in [2.24, 2.45) is 5.73 Å². The van der Waals surface area contributed by atoms with Crippen LogP contribution >= 0.6 is 11.3 Å². The average molecular weight is 295 g/mol. The van der Waals surface area contributed by atoms with Crippen LogP contribution in [0.15, 0.2) is 0 Å². The summed E-state index contributed by atoms with van der Waals surface area (Å²) in [6.07, 6.45) is 4.78. The average Bonchev–Trinajstić information content (AvgIpc) is 3.22. The number of nitrogen functional groups attached to an aromatic ring is 1. The summed E-state index contributed by atoms with van der Waals surface area (Å²) in [7, 11) is 1.76. The van der Waals surface area contributed by atoms with Crippen LogP contribution in [-0.2, 0) is 4.74 Å². The van der Waals surface area contributed by atoms with Crippen LogP contribution in [0.1, 0.15) is 46.8 Å². The third kappa shape index (κ3) is 2.38. The van der Waals surface area contributed by atoms with Gasteiger partial charge in [-0.05, 0) is 31.6 Å². The fourth-order valence-electron chi connectivity index (χ4n) is 2.94. The number of rotatable bonds is 4. The SMILES string of the molecule is COC1CCCN(c2sc(C(N)=O)c(N)c2C2CC2)C1. The highest BCUT2D eigenvalue weighted by Crippen LogP contribution is 2.52. The maximum absolute atomic E-state index is 11.5. The first-order valence-corrected chi connectivity index (χ1v) is 7.93. The van der Waals surface area contributed by atoms with Crippen molar-refractivity contribution in [3.63, 3.8) is 0 Å². The van der Waals surface area contributed by atoms with E-state index in [0.717, 1.165) is 49.3 Å². The Labute approximate surface area is 122 Å². The molecule has 1 aliphatic carbocycles. The maximum Gasteiger partial charge on any atom is 0.260 e. The number of thiophene rings is 1. The molecule has 2 aliphatic rings. The van der Waals surface area contributed by atoms with Crippen LogP contribution in [0.2, 0.25) is 0 Å². The standard InChI is InChI=1S/C14H21N3O2S/c1-19-9-3-2-6-17(7-9)14-10(8-4-5-8)11(15)12(20-14)13(16)18/h8-9H,2-7,15H2,1H3,(H2,16,18). The summed E-state index contributed by atoms with van der Waals surface area (Å²) in [6.45, 7) is 1.87. The minimum Gasteiger partial charge on any atom is -0.397 e. The lowest BCUT2D eigenvalue weighted by atomic mass is 10.1. The molecule has 1 amide bonds. The number of hydrogen-bond donors (Lipinski definition) is 2. The van der Waals surface area contributed by atoms with E-state index in [9.17, 15) is 4.79 Å². The molecule has 1 aromatic heterocycles. The third-order valence-electron chi connectivity index (χ3n) is 4.17. The van der Waals surface area contributed by atoms with Gasteiger partial charge < -0.3 is 21.1 Å². The fourth-order valence-corrected chi connectivity index (χ4v) is 4.14. The monoisotopic (exact) mass is 295 g/mol. The predicted molar refractivity (Wildman–Crippen MR) is 81.5 cm³/mol. The molecule has 0 spiro atoms. The Hall–Kier alpha value is -1.27. The Kier molecular flexibility index (Phi) is 3.60. The quantitative estimate of drug-likeness (QED) is 0.889. The van der Waals surface area contributed by atoms with Gasteiger partial charge in [0, 0.05) is 25.8 Å². The van der Waals surface area contributed by atoms with Gasteiger partial charge in [0.25, 0.3) is 5.91 Å². The van der Waals surface area contributed by atoms with Crippen LogP contribution in [0.4, 0.5) is 10.7 Å². The number of nitrogens with two attached hydrogens (primary N) is 2. The van der Waals surface area contributed by atoms with Gasteiger partial charge >= 0.3 is 0 Å². The predicted octanol–water partition coefficient (Wildman–Crippen LogP) is 1.92. The molecule has 110 valence electrons. The molecule has 1 atom stereocenters. The molecule has 6 heteroatoms. The highest BCUT2D eigenvalue weighted by Gasteiger charge is 2.35. The summed E-state index contributed by atoms with van der Waals surface area (Å²) in [4.78, 5) is 14.4. The Morgan fingerprint density at radius 3 is 2.75 bits per heavy atom. The third-order valence-corrected chi connectivity index (χ3v) is 5.47. The first-order chi connectivity index (χ1) is 9.61. The Bertz CT molecular complexity index is 525. The van der Waals surface area contributed by atoms with Crippen molar-refractivity contribution >= 4 is 27.9 Å². The molecule has 1 unspecified atom stereocenters. The molecule has 0 radical (unpaired) electrons. The van der Waals surface area contributed by atoms with E-state index < -0.39 is 5.91 Å². The number of primary amides is 1. The van der Waals surface area contributed by atoms with E-state index in [1.165, 1.54) is 11.3 Å². The van der Waals surface area contributed by atoms with Gasteiger partial charge in [-0.15, -0.1) is 11.3 Å². The van der Waals surface area contributed by atoms with E-state index in [0.29, 0.717) is 16.5 Å². The first-order valence-electron chi connectivity index (χ1n) is 7.11. The highest BCUT2D eigenvalue weighted by atomic mass is 32.1. The number of hydrogen-bond acceptors (Lipinski definition) is 5. The van der Waals surface area contributed by atoms with Crippen molar-refractivity contribution in [2.75, 3.05) is 30.8 Å². The number of anilines is 2. The molecule has 1 saturated carbocycles. The van der Waals surface area contributed by atoms with Gasteiger partial charge in [0.1, 0.15) is 4.88 Å². The van der Waals surface area contributed by atoms with Crippen LogP contribution in [0.5, 0.6) is 0 Å². The van der Waals surface area contributed by atoms with Gasteiger partial charge in [0.2, 0.25) is 0 Å². The zero-order chi connectivity index (χ0) is 14.3. The highest BCUT2D eigenvalue weighted by molar-refractivity contribution is 7.18. The number of carbonyl (C=O) groups is 1. The Balaban J connectivity index is 1.95. The maximum atomic E-state index is 11.5. The lowest BCUT2D eigenvalue weighted by Crippen LogP contribution is -2.39. The van der Waals surface area contributed by atoms with Crippen molar-refractivity contribution in [1.29, 1.82) is 0 Å². The molecule has 2 fully saturated rings. The van der Waals surface area contributed by atoms with E-state index >= 15 is 0 Å². The second kappa shape index (κ2) is 5.26. The molecule has 4 N–H and O–H groups in total. The number of methoxy groups -OCH3 is 1. The number of carbonyl (C=O) groups excluding carboxylic acids is 1. The Morgan fingerprint density at radius 1 is 1.40 bits per heavy atom. The topological polar surface area (TPSA) is 81.6 Å². The summed E-state index contributed by atoms with van der Waals surface area (Å²) in [5.74, 6) is 0.0956. The van der Waals surface area contributed by atoms with Gasteiger partial charge in [-0.25, -0.2) is 0 Å². The normalized spacial score (nSPS) is 23.1. The zero-order valence-electron chi connectivity index (χ0n) is 11.7. The Morgan fingerprint density at radius 2 is 2.15 bits per heavy atom. The molecule has 0 aromatic carbocycles. The molecule has 3 rings (SSSR count). The van der Waals surface area contributed by atoms with E-state index in [1.54, 1.807) is 7.11 Å². The number of amides is 1. The lowest BCUT2D eigenvalue weighted by molar-refractivity contribution is 0.0895. The van der Waals surface area contributed by atoms with Crippen LogP contribution < -0.4 is 16.4 Å². The summed E-state index contributed by atoms with van der Waals surface area (Å²) >= 11 is 1.45. The van der Waals surface area contributed by atoms with Gasteiger partial charge in [-0.2, -0.15) is 0 Å². The second-order valence-electron chi connectivity index (χ2n) is 5.65. The lowest BCUT2D eigenvalue weighted by Gasteiger charge is -2.33. The minimum absolute atomic E-state index is 0.260. The van der Waals surface area contributed by atoms with Crippen molar-refractivity contribution in [2.45, 2.75) is 37.7 Å². The summed E-state index contributed by atoms with van der Waals surface area (Å²) in [6, 6.07) is 0. The van der Waals surface area contributed by atoms with E-state index in [-0.39, 0.29) is 6.10 Å². The molecule has 2 heterocycles. The van der Waals surface area contributed by atoms with Gasteiger partial charge in [-0.3, -0.25) is 4.79 Å². The van der Waals surface area contributed by atoms with Crippen LogP contribution in [-0.4, -0.2) is 32.2 Å². The van der Waals surface area contributed by atoms with Gasteiger partial charge in [0.05, 0.1) is 16.8 Å². The van der Waals surface area contributed by atoms with Crippen molar-refractivity contribution < 1.29 is 9.53 Å². The van der Waals surface area contributed by atoms with E-state index in [4.69, 9.17) is 16.2 Å². The number of nitrogens with zero attached hydrogens (tertiary/aromatic N) is 1. The van der Waals surface area contributed by atoms with Crippen LogP contribution in [0, 0.1) is 0 Å². The zero-order valence-corrected chi connectivity index (χ0v) is 12.5. The number of piperidine rings is 1. The van der Waals surface area contributed by atoms with Crippen LogP contribution in [0.25, 0.3) is 0 Å². The van der Waals surface area contributed by atoms with Gasteiger partial charge in [0.15, 0.2) is 0 Å². The van der Waals surface area contributed by atoms with E-state index in [1.807, 2.05) is 0 Å². The van der Waals surface area contributed by atoms with Crippen molar-refractivity contribution in [1.82, 2.24) is 0 Å². The van der Waals surface area contributed by atoms with Crippen LogP contribution in [0.3, 0.4) is 0 Å². The smallest absolute Gasteiger partial charge is 0.260 e. The summed E-state index contributed by atoms with van der Waals surface area (Å²) < 4.78 is 5.48. The number of ether oxygens (including phenoxy) is 1.